The quantitative estimate of drug-likeness (QED) is 0.523. The molecule has 0 aromatic heterocycles. The molecular weight excluding hydrogens is 120 g/mol. The molecule has 0 bridgehead atoms. The van der Waals surface area contributed by atoms with E-state index in [4.69, 9.17) is 0 Å². The second-order valence-corrected chi connectivity index (χ2v) is 3.25. The van der Waals surface area contributed by atoms with Crippen molar-refractivity contribution in [1.29, 1.82) is 0 Å². The van der Waals surface area contributed by atoms with Gasteiger partial charge in [-0.2, -0.15) is 0 Å². The fourth-order valence-electron chi connectivity index (χ4n) is 1.52. The van der Waals surface area contributed by atoms with E-state index in [1.165, 1.54) is 18.4 Å². The van der Waals surface area contributed by atoms with Crippen LogP contribution in [0.5, 0.6) is 0 Å². The highest BCUT2D eigenvalue weighted by Gasteiger charge is 2.13. The molecule has 0 heterocycles. The van der Waals surface area contributed by atoms with Crippen molar-refractivity contribution in [3.8, 4) is 0 Å². The monoisotopic (exact) mass is 140 g/mol. The molecule has 0 aromatic rings. The average Bonchev–Trinajstić information content (AvgIpc) is 1.88. The van der Waals surface area contributed by atoms with Crippen LogP contribution >= 0.6 is 0 Å². The first-order chi connectivity index (χ1) is 4.63. The third-order valence-electron chi connectivity index (χ3n) is 2.40. The maximum Gasteiger partial charge on any atom is -0.0186 e. The minimum atomic E-state index is 0.741. The molecule has 0 fully saturated rings. The van der Waals surface area contributed by atoms with Crippen LogP contribution < -0.4 is 0 Å². The Bertz CT molecular complexity index is 103. The normalized spacial score (nSPS) is 16.4. The van der Waals surface area contributed by atoms with Crippen molar-refractivity contribution in [3.05, 3.63) is 12.2 Å². The minimum absolute atomic E-state index is 0.741. The van der Waals surface area contributed by atoms with Crippen LogP contribution in [0.2, 0.25) is 0 Å². The third-order valence-corrected chi connectivity index (χ3v) is 2.40. The molecule has 0 radical (unpaired) electrons. The van der Waals surface area contributed by atoms with Crippen LogP contribution in [0.25, 0.3) is 0 Å². The van der Waals surface area contributed by atoms with Crippen molar-refractivity contribution in [2.24, 2.45) is 11.8 Å². The van der Waals surface area contributed by atoms with E-state index >= 15 is 0 Å². The Morgan fingerprint density at radius 3 is 1.90 bits per heavy atom. The van der Waals surface area contributed by atoms with Crippen LogP contribution in [-0.2, 0) is 0 Å². The summed E-state index contributed by atoms with van der Waals surface area (Å²) in [6.07, 6.45) is 2.51. The summed E-state index contributed by atoms with van der Waals surface area (Å²) in [5, 5.41) is 0. The maximum atomic E-state index is 4.00. The third kappa shape index (κ3) is 2.55. The fraction of sp³-hybridized carbons (Fsp3) is 0.800. The van der Waals surface area contributed by atoms with Gasteiger partial charge in [0.2, 0.25) is 0 Å². The van der Waals surface area contributed by atoms with Gasteiger partial charge < -0.3 is 0 Å². The molecule has 0 aliphatic carbocycles. The predicted octanol–water partition coefficient (Wildman–Crippen LogP) is 3.63. The molecule has 0 nitrogen and oxygen atoms in total. The van der Waals surface area contributed by atoms with Crippen molar-refractivity contribution in [3.63, 3.8) is 0 Å². The molecule has 0 saturated heterocycles. The van der Waals surface area contributed by atoms with Crippen LogP contribution in [0.3, 0.4) is 0 Å². The molecule has 0 saturated carbocycles. The Labute approximate surface area is 65.3 Å². The maximum absolute atomic E-state index is 4.00. The zero-order valence-corrected chi connectivity index (χ0v) is 7.78. The Hall–Kier alpha value is -0.260. The highest BCUT2D eigenvalue weighted by molar-refractivity contribution is 4.97. The molecular formula is C10H20. The summed E-state index contributed by atoms with van der Waals surface area (Å²) in [4.78, 5) is 0. The molecule has 0 aliphatic rings. The minimum Gasteiger partial charge on any atom is -0.0999 e. The van der Waals surface area contributed by atoms with Gasteiger partial charge in [0, 0.05) is 0 Å². The average molecular weight is 140 g/mol. The van der Waals surface area contributed by atoms with E-state index < -0.39 is 0 Å². The summed E-state index contributed by atoms with van der Waals surface area (Å²) in [5.41, 5.74) is 1.34. The lowest BCUT2D eigenvalue weighted by molar-refractivity contribution is 0.388. The Morgan fingerprint density at radius 1 is 1.30 bits per heavy atom. The van der Waals surface area contributed by atoms with E-state index in [9.17, 15) is 0 Å². The van der Waals surface area contributed by atoms with Gasteiger partial charge in [-0.25, -0.2) is 0 Å². The van der Waals surface area contributed by atoms with E-state index in [-0.39, 0.29) is 0 Å². The Balaban J connectivity index is 3.92. The topological polar surface area (TPSA) is 0 Å². The Morgan fingerprint density at radius 2 is 1.80 bits per heavy atom. The molecule has 2 atom stereocenters. The number of hydrogen-bond acceptors (Lipinski definition) is 0. The van der Waals surface area contributed by atoms with E-state index in [0.29, 0.717) is 0 Å². The van der Waals surface area contributed by atoms with Crippen molar-refractivity contribution in [2.75, 3.05) is 0 Å². The lowest BCUT2D eigenvalue weighted by Crippen LogP contribution is -2.10. The lowest BCUT2D eigenvalue weighted by Gasteiger charge is -2.21. The molecule has 1 unspecified atom stereocenters. The molecule has 10 heavy (non-hydrogen) atoms. The fourth-order valence-corrected chi connectivity index (χ4v) is 1.52. The summed E-state index contributed by atoms with van der Waals surface area (Å²) in [6.45, 7) is 12.9. The molecule has 0 aliphatic heterocycles. The zero-order chi connectivity index (χ0) is 8.15. The van der Waals surface area contributed by atoms with Crippen molar-refractivity contribution in [2.45, 2.75) is 40.5 Å². The smallest absolute Gasteiger partial charge is 0.0186 e. The molecule has 0 amide bonds. The van der Waals surface area contributed by atoms with Crippen LogP contribution in [0, 0.1) is 11.8 Å². The number of allylic oxidation sites excluding steroid dienone is 1. The zero-order valence-electron chi connectivity index (χ0n) is 7.78. The highest BCUT2D eigenvalue weighted by atomic mass is 14.2. The summed E-state index contributed by atoms with van der Waals surface area (Å²) >= 11 is 0. The van der Waals surface area contributed by atoms with Gasteiger partial charge in [-0.3, -0.25) is 0 Å². The largest absolute Gasteiger partial charge is 0.0999 e. The van der Waals surface area contributed by atoms with Gasteiger partial charge in [-0.1, -0.05) is 39.3 Å². The van der Waals surface area contributed by atoms with E-state index in [1.807, 2.05) is 0 Å². The number of rotatable bonds is 4. The van der Waals surface area contributed by atoms with Gasteiger partial charge in [0.25, 0.3) is 0 Å². The lowest BCUT2D eigenvalue weighted by atomic mass is 9.85. The van der Waals surface area contributed by atoms with E-state index in [2.05, 4.69) is 34.3 Å². The van der Waals surface area contributed by atoms with Gasteiger partial charge in [0.05, 0.1) is 0 Å². The van der Waals surface area contributed by atoms with Gasteiger partial charge >= 0.3 is 0 Å². The summed E-state index contributed by atoms with van der Waals surface area (Å²) in [7, 11) is 0. The van der Waals surface area contributed by atoms with Gasteiger partial charge in [-0.15, -0.1) is 0 Å². The molecule has 0 spiro atoms. The Kier molecular flexibility index (Phi) is 4.42. The molecule has 60 valence electrons. The van der Waals surface area contributed by atoms with Gasteiger partial charge in [0.15, 0.2) is 0 Å². The van der Waals surface area contributed by atoms with Gasteiger partial charge in [0.1, 0.15) is 0 Å². The highest BCUT2D eigenvalue weighted by Crippen LogP contribution is 2.24. The first-order valence-electron chi connectivity index (χ1n) is 4.28. The second-order valence-electron chi connectivity index (χ2n) is 3.25. The van der Waals surface area contributed by atoms with Gasteiger partial charge in [-0.05, 0) is 25.2 Å². The van der Waals surface area contributed by atoms with Crippen LogP contribution in [0.4, 0.5) is 0 Å². The van der Waals surface area contributed by atoms with Crippen molar-refractivity contribution >= 4 is 0 Å². The predicted molar refractivity (Wildman–Crippen MR) is 48.1 cm³/mol. The summed E-state index contributed by atoms with van der Waals surface area (Å²) in [5.74, 6) is 1.55. The molecule has 0 N–H and O–H groups in total. The summed E-state index contributed by atoms with van der Waals surface area (Å²) < 4.78 is 0. The van der Waals surface area contributed by atoms with Crippen molar-refractivity contribution < 1.29 is 0 Å². The second kappa shape index (κ2) is 4.54. The van der Waals surface area contributed by atoms with Crippen LogP contribution in [0.15, 0.2) is 12.2 Å². The van der Waals surface area contributed by atoms with Crippen LogP contribution in [-0.4, -0.2) is 0 Å². The standard InChI is InChI=1S/C10H20/c1-6-9(5)10(7-2)8(3)4/h9-10H,3,6-7H2,1-2,4-5H3/t9?,10-/m0/s1. The van der Waals surface area contributed by atoms with Crippen LogP contribution in [0.1, 0.15) is 40.5 Å². The molecule has 0 heteroatoms. The molecule has 0 rings (SSSR count). The van der Waals surface area contributed by atoms with E-state index in [0.717, 1.165) is 11.8 Å². The van der Waals surface area contributed by atoms with Crippen molar-refractivity contribution in [1.82, 2.24) is 0 Å². The van der Waals surface area contributed by atoms with E-state index in [1.54, 1.807) is 0 Å². The SMILES string of the molecule is C=C(C)[C@H](CC)C(C)CC. The first-order valence-corrected chi connectivity index (χ1v) is 4.28. The molecule has 0 aromatic carbocycles. The summed E-state index contributed by atoms with van der Waals surface area (Å²) in [6, 6.07) is 0. The first kappa shape index (κ1) is 9.74. The number of hydrogen-bond donors (Lipinski definition) is 0.